The third-order valence-electron chi connectivity index (χ3n) is 5.53. The highest BCUT2D eigenvalue weighted by molar-refractivity contribution is 6.08. The Morgan fingerprint density at radius 3 is 2.63 bits per heavy atom. The van der Waals surface area contributed by atoms with Gasteiger partial charge in [-0.1, -0.05) is 31.0 Å². The molecule has 2 fully saturated rings. The van der Waals surface area contributed by atoms with Crippen LogP contribution in [-0.2, 0) is 25.7 Å². The molecule has 30 heavy (non-hydrogen) atoms. The summed E-state index contributed by atoms with van der Waals surface area (Å²) in [6.07, 6.45) is 2.86. The van der Waals surface area contributed by atoms with E-state index in [0.717, 1.165) is 17.7 Å². The van der Waals surface area contributed by atoms with Gasteiger partial charge in [-0.2, -0.15) is 0 Å². The van der Waals surface area contributed by atoms with E-state index in [4.69, 9.17) is 13.9 Å². The summed E-state index contributed by atoms with van der Waals surface area (Å²) in [5.41, 5.74) is -0.0411. The topological polar surface area (TPSA) is 115 Å². The van der Waals surface area contributed by atoms with E-state index in [2.05, 4.69) is 5.32 Å². The van der Waals surface area contributed by atoms with Crippen molar-refractivity contribution in [2.75, 3.05) is 13.2 Å². The monoisotopic (exact) mass is 414 g/mol. The standard InChI is InChI=1S/C21H22N2O7/c1-2-28-18(25)17-14(13-7-3-4-8-15(13)30-17)12-29-16(24)11-23-19(26)21(22-20(23)27)9-5-6-10-21/h3-4,7-8H,2,5-6,9-12H2,1H3,(H,22,27). The SMILES string of the molecule is CCOC(=O)c1oc2ccccc2c1COC(=O)CN1C(=O)NC2(CCCC2)C1=O. The van der Waals surface area contributed by atoms with Crippen LogP contribution in [0.5, 0.6) is 0 Å². The minimum Gasteiger partial charge on any atom is -0.460 e. The highest BCUT2D eigenvalue weighted by Crippen LogP contribution is 2.35. The van der Waals surface area contributed by atoms with Gasteiger partial charge in [0.25, 0.3) is 5.91 Å². The highest BCUT2D eigenvalue weighted by Gasteiger charge is 2.52. The number of ether oxygens (including phenoxy) is 2. The fraction of sp³-hybridized carbons (Fsp3) is 0.429. The van der Waals surface area contributed by atoms with Gasteiger partial charge in [0.15, 0.2) is 0 Å². The van der Waals surface area contributed by atoms with E-state index in [1.807, 2.05) is 0 Å². The molecule has 0 radical (unpaired) electrons. The Balaban J connectivity index is 1.47. The number of fused-ring (bicyclic) bond motifs is 1. The lowest BCUT2D eigenvalue weighted by atomic mass is 9.98. The van der Waals surface area contributed by atoms with Gasteiger partial charge < -0.3 is 19.2 Å². The van der Waals surface area contributed by atoms with E-state index < -0.39 is 30.1 Å². The number of imide groups is 1. The lowest BCUT2D eigenvalue weighted by Crippen LogP contribution is -2.44. The number of hydrogen-bond donors (Lipinski definition) is 1. The molecular weight excluding hydrogens is 392 g/mol. The number of benzene rings is 1. The van der Waals surface area contributed by atoms with Crippen LogP contribution in [0.2, 0.25) is 0 Å². The number of para-hydroxylation sites is 1. The van der Waals surface area contributed by atoms with Gasteiger partial charge in [0.2, 0.25) is 5.76 Å². The van der Waals surface area contributed by atoms with E-state index in [1.54, 1.807) is 31.2 Å². The van der Waals surface area contributed by atoms with Crippen molar-refractivity contribution in [1.29, 1.82) is 0 Å². The first-order valence-electron chi connectivity index (χ1n) is 9.92. The third-order valence-corrected chi connectivity index (χ3v) is 5.53. The molecule has 1 aliphatic heterocycles. The number of nitrogens with one attached hydrogen (secondary N) is 1. The molecule has 1 saturated carbocycles. The average Bonchev–Trinajstić information content (AvgIpc) is 3.40. The van der Waals surface area contributed by atoms with E-state index in [1.165, 1.54) is 0 Å². The highest BCUT2D eigenvalue weighted by atomic mass is 16.5. The quantitative estimate of drug-likeness (QED) is 0.570. The fourth-order valence-corrected chi connectivity index (χ4v) is 4.07. The van der Waals surface area contributed by atoms with Crippen molar-refractivity contribution in [1.82, 2.24) is 10.2 Å². The van der Waals surface area contributed by atoms with Gasteiger partial charge >= 0.3 is 18.0 Å². The van der Waals surface area contributed by atoms with Crippen molar-refractivity contribution in [2.45, 2.75) is 44.8 Å². The molecule has 2 aliphatic rings. The van der Waals surface area contributed by atoms with Gasteiger partial charge in [-0.15, -0.1) is 0 Å². The van der Waals surface area contributed by atoms with Gasteiger partial charge in [0, 0.05) is 5.39 Å². The van der Waals surface area contributed by atoms with Crippen LogP contribution in [0.4, 0.5) is 4.79 Å². The zero-order valence-electron chi connectivity index (χ0n) is 16.6. The Morgan fingerprint density at radius 1 is 1.17 bits per heavy atom. The second-order valence-electron chi connectivity index (χ2n) is 7.40. The third kappa shape index (κ3) is 3.40. The van der Waals surface area contributed by atoms with Crippen molar-refractivity contribution in [3.63, 3.8) is 0 Å². The molecule has 2 heterocycles. The zero-order valence-corrected chi connectivity index (χ0v) is 16.6. The molecular formula is C21H22N2O7. The Labute approximate surface area is 172 Å². The first-order valence-corrected chi connectivity index (χ1v) is 9.92. The molecule has 1 spiro atoms. The van der Waals surface area contributed by atoms with Crippen LogP contribution in [0, 0.1) is 0 Å². The minimum atomic E-state index is -0.880. The molecule has 9 heteroatoms. The fourth-order valence-electron chi connectivity index (χ4n) is 4.07. The van der Waals surface area contributed by atoms with Crippen LogP contribution >= 0.6 is 0 Å². The van der Waals surface area contributed by atoms with Crippen molar-refractivity contribution in [3.8, 4) is 0 Å². The van der Waals surface area contributed by atoms with Crippen molar-refractivity contribution >= 4 is 34.8 Å². The van der Waals surface area contributed by atoms with Crippen LogP contribution in [0.1, 0.15) is 48.7 Å². The Bertz CT molecular complexity index is 1020. The smallest absolute Gasteiger partial charge is 0.374 e. The molecule has 1 saturated heterocycles. The Morgan fingerprint density at radius 2 is 1.90 bits per heavy atom. The molecule has 1 N–H and O–H groups in total. The number of rotatable bonds is 6. The predicted molar refractivity (Wildman–Crippen MR) is 103 cm³/mol. The molecule has 1 aliphatic carbocycles. The molecule has 9 nitrogen and oxygen atoms in total. The van der Waals surface area contributed by atoms with E-state index in [-0.39, 0.29) is 24.9 Å². The molecule has 0 atom stereocenters. The van der Waals surface area contributed by atoms with Gasteiger partial charge in [-0.25, -0.2) is 9.59 Å². The molecule has 2 aromatic rings. The van der Waals surface area contributed by atoms with E-state index in [9.17, 15) is 19.2 Å². The predicted octanol–water partition coefficient (Wildman–Crippen LogP) is 2.52. The number of nitrogens with zero attached hydrogens (tertiary/aromatic N) is 1. The van der Waals surface area contributed by atoms with E-state index >= 15 is 0 Å². The number of urea groups is 1. The summed E-state index contributed by atoms with van der Waals surface area (Å²) < 4.78 is 15.9. The van der Waals surface area contributed by atoms with Gasteiger partial charge in [-0.3, -0.25) is 14.5 Å². The Hall–Kier alpha value is -3.36. The number of amides is 3. The summed E-state index contributed by atoms with van der Waals surface area (Å²) in [6, 6.07) is 6.38. The molecule has 4 rings (SSSR count). The summed E-state index contributed by atoms with van der Waals surface area (Å²) in [6.45, 7) is 1.11. The number of carbonyl (C=O) groups is 4. The molecule has 158 valence electrons. The average molecular weight is 414 g/mol. The molecule has 3 amide bonds. The van der Waals surface area contributed by atoms with Gasteiger partial charge in [0.05, 0.1) is 12.2 Å². The van der Waals surface area contributed by atoms with Gasteiger partial charge in [0.1, 0.15) is 24.3 Å². The number of hydrogen-bond acceptors (Lipinski definition) is 7. The second-order valence-corrected chi connectivity index (χ2v) is 7.40. The van der Waals surface area contributed by atoms with E-state index in [0.29, 0.717) is 29.4 Å². The maximum absolute atomic E-state index is 12.7. The van der Waals surface area contributed by atoms with Crippen molar-refractivity contribution < 1.29 is 33.1 Å². The number of furan rings is 1. The normalized spacial score (nSPS) is 17.6. The number of carbonyl (C=O) groups excluding carboxylic acids is 4. The summed E-state index contributed by atoms with van der Waals surface area (Å²) >= 11 is 0. The largest absolute Gasteiger partial charge is 0.460 e. The summed E-state index contributed by atoms with van der Waals surface area (Å²) in [7, 11) is 0. The van der Waals surface area contributed by atoms with Crippen LogP contribution in [-0.4, -0.2) is 47.5 Å². The van der Waals surface area contributed by atoms with Crippen LogP contribution in [0.25, 0.3) is 11.0 Å². The first-order chi connectivity index (χ1) is 14.4. The summed E-state index contributed by atoms with van der Waals surface area (Å²) in [5, 5.41) is 3.34. The maximum Gasteiger partial charge on any atom is 0.374 e. The molecule has 1 aromatic heterocycles. The lowest BCUT2D eigenvalue weighted by molar-refractivity contribution is -0.148. The van der Waals surface area contributed by atoms with Crippen LogP contribution in [0.15, 0.2) is 28.7 Å². The van der Waals surface area contributed by atoms with Crippen molar-refractivity contribution in [3.05, 3.63) is 35.6 Å². The molecule has 1 aromatic carbocycles. The second kappa shape index (κ2) is 7.81. The zero-order chi connectivity index (χ0) is 21.3. The first kappa shape index (κ1) is 19.9. The summed E-state index contributed by atoms with van der Waals surface area (Å²) in [4.78, 5) is 50.4. The number of esters is 2. The minimum absolute atomic E-state index is 0.0363. The maximum atomic E-state index is 12.7. The lowest BCUT2D eigenvalue weighted by Gasteiger charge is -2.19. The van der Waals surface area contributed by atoms with Crippen LogP contribution < -0.4 is 5.32 Å². The molecule has 0 bridgehead atoms. The van der Waals surface area contributed by atoms with Crippen LogP contribution in [0.3, 0.4) is 0 Å². The Kier molecular flexibility index (Phi) is 5.19. The van der Waals surface area contributed by atoms with Crippen molar-refractivity contribution in [2.24, 2.45) is 0 Å². The van der Waals surface area contributed by atoms with Gasteiger partial charge in [-0.05, 0) is 25.8 Å². The molecule has 0 unspecified atom stereocenters. The summed E-state index contributed by atoms with van der Waals surface area (Å²) in [5.74, 6) is -1.83.